The van der Waals surface area contributed by atoms with Crippen LogP contribution in [0.25, 0.3) is 0 Å². The van der Waals surface area contributed by atoms with E-state index < -0.39 is 0 Å². The number of methoxy groups -OCH3 is 2. The van der Waals surface area contributed by atoms with Gasteiger partial charge in [-0.1, -0.05) is 6.92 Å². The molecule has 1 aliphatic rings. The first kappa shape index (κ1) is 15.6. The van der Waals surface area contributed by atoms with Gasteiger partial charge in [0.05, 0.1) is 14.2 Å². The van der Waals surface area contributed by atoms with Crippen LogP contribution in [0.4, 0.5) is 0 Å². The fourth-order valence-corrected chi connectivity index (χ4v) is 2.82. The topological polar surface area (TPSA) is 59.6 Å². The zero-order chi connectivity index (χ0) is 15.4. The summed E-state index contributed by atoms with van der Waals surface area (Å²) in [6, 6.07) is 5.62. The lowest BCUT2D eigenvalue weighted by atomic mass is 9.89. The van der Waals surface area contributed by atoms with Gasteiger partial charge in [-0.3, -0.25) is 4.79 Å². The molecule has 0 aromatic heterocycles. The smallest absolute Gasteiger partial charge is 0.251 e. The van der Waals surface area contributed by atoms with E-state index in [9.17, 15) is 4.79 Å². The standard InChI is InChI=1S/C16H24N2O3/c1-10-7-8-17-11(2)15(10)18-16(19)12-5-6-13(20-3)14(9-12)21-4/h5-6,9-11,15,17H,7-8H2,1-4H3,(H,18,19). The predicted molar refractivity (Wildman–Crippen MR) is 82.0 cm³/mol. The van der Waals surface area contributed by atoms with E-state index in [2.05, 4.69) is 24.5 Å². The van der Waals surface area contributed by atoms with Crippen LogP contribution in [-0.4, -0.2) is 38.8 Å². The number of rotatable bonds is 4. The number of piperidine rings is 1. The van der Waals surface area contributed by atoms with Crippen molar-refractivity contribution in [2.24, 2.45) is 5.92 Å². The first-order chi connectivity index (χ1) is 10.1. The fraction of sp³-hybridized carbons (Fsp3) is 0.562. The van der Waals surface area contributed by atoms with Gasteiger partial charge in [-0.15, -0.1) is 0 Å². The van der Waals surface area contributed by atoms with E-state index in [0.29, 0.717) is 23.0 Å². The Labute approximate surface area is 126 Å². The third-order valence-corrected chi connectivity index (χ3v) is 4.16. The van der Waals surface area contributed by atoms with Crippen molar-refractivity contribution < 1.29 is 14.3 Å². The van der Waals surface area contributed by atoms with Gasteiger partial charge in [0, 0.05) is 17.6 Å². The average Bonchev–Trinajstić information content (AvgIpc) is 2.50. The van der Waals surface area contributed by atoms with Gasteiger partial charge in [0.2, 0.25) is 0 Å². The van der Waals surface area contributed by atoms with E-state index in [1.165, 1.54) is 0 Å². The molecule has 1 heterocycles. The minimum atomic E-state index is -0.0802. The highest BCUT2D eigenvalue weighted by Crippen LogP contribution is 2.27. The molecule has 21 heavy (non-hydrogen) atoms. The second-order valence-electron chi connectivity index (χ2n) is 5.58. The Morgan fingerprint density at radius 2 is 1.95 bits per heavy atom. The first-order valence-corrected chi connectivity index (χ1v) is 7.33. The summed E-state index contributed by atoms with van der Waals surface area (Å²) >= 11 is 0. The van der Waals surface area contributed by atoms with Crippen LogP contribution in [0.1, 0.15) is 30.6 Å². The van der Waals surface area contributed by atoms with Crippen molar-refractivity contribution in [2.75, 3.05) is 20.8 Å². The molecular formula is C16H24N2O3. The summed E-state index contributed by atoms with van der Waals surface area (Å²) in [5.41, 5.74) is 0.581. The van der Waals surface area contributed by atoms with Gasteiger partial charge < -0.3 is 20.1 Å². The van der Waals surface area contributed by atoms with Gasteiger partial charge in [0.15, 0.2) is 11.5 Å². The Bertz CT molecular complexity index is 494. The molecule has 1 fully saturated rings. The molecule has 5 heteroatoms. The summed E-state index contributed by atoms with van der Waals surface area (Å²) in [7, 11) is 3.14. The highest BCUT2D eigenvalue weighted by molar-refractivity contribution is 5.95. The largest absolute Gasteiger partial charge is 0.493 e. The van der Waals surface area contributed by atoms with Crippen molar-refractivity contribution in [3.05, 3.63) is 23.8 Å². The number of benzene rings is 1. The summed E-state index contributed by atoms with van der Waals surface area (Å²) in [5.74, 6) is 1.57. The highest BCUT2D eigenvalue weighted by atomic mass is 16.5. The van der Waals surface area contributed by atoms with Gasteiger partial charge in [-0.05, 0) is 44.0 Å². The number of nitrogens with one attached hydrogen (secondary N) is 2. The maximum Gasteiger partial charge on any atom is 0.251 e. The van der Waals surface area contributed by atoms with E-state index >= 15 is 0 Å². The van der Waals surface area contributed by atoms with E-state index in [-0.39, 0.29) is 18.0 Å². The minimum Gasteiger partial charge on any atom is -0.493 e. The van der Waals surface area contributed by atoms with Crippen LogP contribution >= 0.6 is 0 Å². The number of amides is 1. The molecule has 0 spiro atoms. The number of carbonyl (C=O) groups is 1. The van der Waals surface area contributed by atoms with Crippen LogP contribution < -0.4 is 20.1 Å². The van der Waals surface area contributed by atoms with E-state index in [4.69, 9.17) is 9.47 Å². The molecule has 1 aliphatic heterocycles. The van der Waals surface area contributed by atoms with Gasteiger partial charge in [-0.2, -0.15) is 0 Å². The molecule has 5 nitrogen and oxygen atoms in total. The Balaban J connectivity index is 2.12. The Hall–Kier alpha value is -1.75. The first-order valence-electron chi connectivity index (χ1n) is 7.33. The maximum atomic E-state index is 12.4. The Kier molecular flexibility index (Phi) is 5.07. The molecule has 2 N–H and O–H groups in total. The van der Waals surface area contributed by atoms with E-state index in [1.807, 2.05) is 0 Å². The number of hydrogen-bond donors (Lipinski definition) is 2. The summed E-state index contributed by atoms with van der Waals surface area (Å²) < 4.78 is 10.4. The lowest BCUT2D eigenvalue weighted by molar-refractivity contribution is 0.0897. The Morgan fingerprint density at radius 1 is 1.24 bits per heavy atom. The van der Waals surface area contributed by atoms with E-state index in [1.54, 1.807) is 32.4 Å². The average molecular weight is 292 g/mol. The quantitative estimate of drug-likeness (QED) is 0.889. The summed E-state index contributed by atoms with van der Waals surface area (Å²) in [4.78, 5) is 12.4. The Morgan fingerprint density at radius 3 is 2.57 bits per heavy atom. The molecule has 0 radical (unpaired) electrons. The molecular weight excluding hydrogens is 268 g/mol. The third kappa shape index (κ3) is 3.47. The van der Waals surface area contributed by atoms with Crippen molar-refractivity contribution in [3.8, 4) is 11.5 Å². The zero-order valence-corrected chi connectivity index (χ0v) is 13.1. The molecule has 1 amide bonds. The van der Waals surface area contributed by atoms with Gasteiger partial charge in [0.1, 0.15) is 0 Å². The summed E-state index contributed by atoms with van der Waals surface area (Å²) in [5, 5.41) is 6.53. The van der Waals surface area contributed by atoms with Gasteiger partial charge in [0.25, 0.3) is 5.91 Å². The van der Waals surface area contributed by atoms with Crippen LogP contribution in [0, 0.1) is 5.92 Å². The van der Waals surface area contributed by atoms with Crippen molar-refractivity contribution in [2.45, 2.75) is 32.4 Å². The fourth-order valence-electron chi connectivity index (χ4n) is 2.82. The molecule has 0 saturated carbocycles. The molecule has 116 valence electrons. The summed E-state index contributed by atoms with van der Waals surface area (Å²) in [6.45, 7) is 5.29. The third-order valence-electron chi connectivity index (χ3n) is 4.16. The van der Waals surface area contributed by atoms with Crippen LogP contribution in [-0.2, 0) is 0 Å². The van der Waals surface area contributed by atoms with Crippen molar-refractivity contribution >= 4 is 5.91 Å². The normalized spacial score (nSPS) is 25.2. The zero-order valence-electron chi connectivity index (χ0n) is 13.1. The van der Waals surface area contributed by atoms with Crippen molar-refractivity contribution in [1.82, 2.24) is 10.6 Å². The monoisotopic (exact) mass is 292 g/mol. The second-order valence-corrected chi connectivity index (χ2v) is 5.58. The number of carbonyl (C=O) groups excluding carboxylic acids is 1. The molecule has 1 aromatic carbocycles. The maximum absolute atomic E-state index is 12.4. The van der Waals surface area contributed by atoms with Crippen molar-refractivity contribution in [3.63, 3.8) is 0 Å². The molecule has 3 atom stereocenters. The minimum absolute atomic E-state index is 0.0802. The highest BCUT2D eigenvalue weighted by Gasteiger charge is 2.29. The molecule has 0 aliphatic carbocycles. The number of ether oxygens (including phenoxy) is 2. The van der Waals surface area contributed by atoms with Gasteiger partial charge >= 0.3 is 0 Å². The molecule has 2 rings (SSSR count). The molecule has 0 bridgehead atoms. The van der Waals surface area contributed by atoms with Crippen LogP contribution in [0.5, 0.6) is 11.5 Å². The van der Waals surface area contributed by atoms with E-state index in [0.717, 1.165) is 13.0 Å². The lowest BCUT2D eigenvalue weighted by Gasteiger charge is -2.36. The molecule has 3 unspecified atom stereocenters. The van der Waals surface area contributed by atoms with Crippen LogP contribution in [0.3, 0.4) is 0 Å². The predicted octanol–water partition coefficient (Wildman–Crippen LogP) is 1.82. The number of hydrogen-bond acceptors (Lipinski definition) is 4. The SMILES string of the molecule is COc1ccc(C(=O)NC2C(C)CCNC2C)cc1OC. The molecule has 1 saturated heterocycles. The van der Waals surface area contributed by atoms with Crippen LogP contribution in [0.2, 0.25) is 0 Å². The lowest BCUT2D eigenvalue weighted by Crippen LogP contribution is -2.55. The molecule has 1 aromatic rings. The second kappa shape index (κ2) is 6.80. The van der Waals surface area contributed by atoms with Crippen LogP contribution in [0.15, 0.2) is 18.2 Å². The van der Waals surface area contributed by atoms with Gasteiger partial charge in [-0.25, -0.2) is 0 Å². The summed E-state index contributed by atoms with van der Waals surface area (Å²) in [6.07, 6.45) is 1.07. The van der Waals surface area contributed by atoms with Crippen molar-refractivity contribution in [1.29, 1.82) is 0 Å².